The normalized spacial score (nSPS) is 14.9. The van der Waals surface area contributed by atoms with Gasteiger partial charge in [0, 0.05) is 24.7 Å². The Kier molecular flexibility index (Phi) is 4.39. The maximum atomic E-state index is 13.2. The predicted octanol–water partition coefficient (Wildman–Crippen LogP) is 3.14. The van der Waals surface area contributed by atoms with Crippen LogP contribution in [0.3, 0.4) is 0 Å². The Morgan fingerprint density at radius 2 is 1.89 bits per heavy atom. The van der Waals surface area contributed by atoms with Gasteiger partial charge in [0.05, 0.1) is 19.9 Å². The van der Waals surface area contributed by atoms with E-state index in [1.165, 1.54) is 0 Å². The van der Waals surface area contributed by atoms with E-state index < -0.39 is 0 Å². The summed E-state index contributed by atoms with van der Waals surface area (Å²) in [4.78, 5) is 15.1. The fraction of sp³-hybridized carbons (Fsp3) is 0.286. The molecule has 0 aliphatic carbocycles. The second kappa shape index (κ2) is 6.87. The van der Waals surface area contributed by atoms with E-state index in [1.807, 2.05) is 24.1 Å². The summed E-state index contributed by atoms with van der Waals surface area (Å²) in [6.07, 6.45) is 2.66. The second-order valence-electron chi connectivity index (χ2n) is 6.48. The molecule has 4 rings (SSSR count). The molecular weight excluding hydrogens is 346 g/mol. The van der Waals surface area contributed by atoms with Crippen LogP contribution in [0.25, 0.3) is 6.08 Å². The van der Waals surface area contributed by atoms with E-state index >= 15 is 0 Å². The average Bonchev–Trinajstić information content (AvgIpc) is 3.10. The number of hydrogen-bond donors (Lipinski definition) is 0. The third-order valence-corrected chi connectivity index (χ3v) is 4.94. The first-order valence-electron chi connectivity index (χ1n) is 8.73. The summed E-state index contributed by atoms with van der Waals surface area (Å²) in [6, 6.07) is 9.11. The molecule has 2 aliphatic rings. The molecule has 2 aliphatic heterocycles. The molecule has 0 atom stereocenters. The van der Waals surface area contributed by atoms with Crippen LogP contribution in [0.2, 0.25) is 0 Å². The molecule has 2 aromatic carbocycles. The standard InChI is InChI=1S/C21H21NO5/c1-22-9-8-14-10-18-21(27-12-26-18)20(25-3)16(14)11-17(22)19(23)13-4-6-15(24-2)7-5-13/h4-7,10-11H,8-9,12H2,1-3H3. The van der Waals surface area contributed by atoms with E-state index in [0.29, 0.717) is 35.1 Å². The van der Waals surface area contributed by atoms with E-state index in [1.54, 1.807) is 38.5 Å². The summed E-state index contributed by atoms with van der Waals surface area (Å²) in [5.41, 5.74) is 3.15. The minimum atomic E-state index is -0.0484. The lowest BCUT2D eigenvalue weighted by Gasteiger charge is -2.19. The molecule has 0 fully saturated rings. The SMILES string of the molecule is COc1ccc(C(=O)C2=Cc3c(cc4c(c3OC)OCO4)CCN2C)cc1. The first-order valence-corrected chi connectivity index (χ1v) is 8.73. The van der Waals surface area contributed by atoms with Gasteiger partial charge in [0.15, 0.2) is 11.5 Å². The largest absolute Gasteiger partial charge is 0.497 e. The zero-order chi connectivity index (χ0) is 19.0. The number of methoxy groups -OCH3 is 2. The molecule has 0 spiro atoms. The summed E-state index contributed by atoms with van der Waals surface area (Å²) in [6.45, 7) is 0.888. The average molecular weight is 367 g/mol. The van der Waals surface area contributed by atoms with Gasteiger partial charge in [-0.15, -0.1) is 0 Å². The number of nitrogens with zero attached hydrogens (tertiary/aromatic N) is 1. The quantitative estimate of drug-likeness (QED) is 0.774. The number of carbonyl (C=O) groups is 1. The maximum Gasteiger partial charge on any atom is 0.231 e. The van der Waals surface area contributed by atoms with Crippen LogP contribution in [-0.2, 0) is 6.42 Å². The molecule has 2 aromatic rings. The summed E-state index contributed by atoms with van der Waals surface area (Å²) in [5, 5.41) is 0. The molecule has 2 heterocycles. The number of carbonyl (C=O) groups excluding carboxylic acids is 1. The molecule has 140 valence electrons. The van der Waals surface area contributed by atoms with Gasteiger partial charge in [-0.1, -0.05) is 0 Å². The summed E-state index contributed by atoms with van der Waals surface area (Å²) in [7, 11) is 5.13. The number of likely N-dealkylation sites (N-methyl/N-ethyl adjacent to an activating group) is 1. The lowest BCUT2D eigenvalue weighted by Crippen LogP contribution is -2.24. The highest BCUT2D eigenvalue weighted by atomic mass is 16.7. The molecule has 0 bridgehead atoms. The van der Waals surface area contributed by atoms with Gasteiger partial charge in [0.25, 0.3) is 0 Å². The van der Waals surface area contributed by atoms with Crippen LogP contribution in [0.1, 0.15) is 21.5 Å². The van der Waals surface area contributed by atoms with Crippen LogP contribution in [0.5, 0.6) is 23.0 Å². The van der Waals surface area contributed by atoms with Crippen molar-refractivity contribution in [2.24, 2.45) is 0 Å². The van der Waals surface area contributed by atoms with Crippen molar-refractivity contribution in [3.8, 4) is 23.0 Å². The third kappa shape index (κ3) is 2.97. The fourth-order valence-electron chi connectivity index (χ4n) is 3.43. The predicted molar refractivity (Wildman–Crippen MR) is 101 cm³/mol. The third-order valence-electron chi connectivity index (χ3n) is 4.94. The Bertz CT molecular complexity index is 917. The molecule has 27 heavy (non-hydrogen) atoms. The van der Waals surface area contributed by atoms with Crippen molar-refractivity contribution in [3.05, 3.63) is 52.7 Å². The maximum absolute atomic E-state index is 13.2. The molecule has 0 unspecified atom stereocenters. The molecule has 0 saturated heterocycles. The monoisotopic (exact) mass is 367 g/mol. The number of fused-ring (bicyclic) bond motifs is 2. The van der Waals surface area contributed by atoms with Gasteiger partial charge in [0.2, 0.25) is 18.3 Å². The molecule has 6 nitrogen and oxygen atoms in total. The number of ketones is 1. The highest BCUT2D eigenvalue weighted by Crippen LogP contribution is 2.46. The van der Waals surface area contributed by atoms with Crippen LogP contribution >= 0.6 is 0 Å². The van der Waals surface area contributed by atoms with Crippen molar-refractivity contribution in [3.63, 3.8) is 0 Å². The minimum Gasteiger partial charge on any atom is -0.497 e. The molecular formula is C21H21NO5. The first kappa shape index (κ1) is 17.3. The molecule has 0 saturated carbocycles. The number of hydrogen-bond acceptors (Lipinski definition) is 6. The number of ether oxygens (including phenoxy) is 4. The number of rotatable bonds is 4. The Labute approximate surface area is 157 Å². The molecule has 0 amide bonds. The molecule has 6 heteroatoms. The van der Waals surface area contributed by atoms with E-state index in [-0.39, 0.29) is 12.6 Å². The smallest absolute Gasteiger partial charge is 0.231 e. The summed E-state index contributed by atoms with van der Waals surface area (Å²) < 4.78 is 21.9. The van der Waals surface area contributed by atoms with Crippen LogP contribution in [-0.4, -0.2) is 45.3 Å². The van der Waals surface area contributed by atoms with Crippen molar-refractivity contribution < 1.29 is 23.7 Å². The van der Waals surface area contributed by atoms with Gasteiger partial charge in [0.1, 0.15) is 5.75 Å². The van der Waals surface area contributed by atoms with Crippen LogP contribution in [0.4, 0.5) is 0 Å². The van der Waals surface area contributed by atoms with E-state index in [2.05, 4.69) is 0 Å². The number of Topliss-reactive ketones (excluding diaryl/α,β-unsaturated/α-hetero) is 1. The van der Waals surface area contributed by atoms with Gasteiger partial charge >= 0.3 is 0 Å². The van der Waals surface area contributed by atoms with Crippen molar-refractivity contribution in [1.29, 1.82) is 0 Å². The van der Waals surface area contributed by atoms with Crippen LogP contribution < -0.4 is 18.9 Å². The fourth-order valence-corrected chi connectivity index (χ4v) is 3.43. The second-order valence-corrected chi connectivity index (χ2v) is 6.48. The molecule has 0 radical (unpaired) electrons. The number of benzene rings is 2. The minimum absolute atomic E-state index is 0.0484. The van der Waals surface area contributed by atoms with Gasteiger partial charge in [-0.25, -0.2) is 0 Å². The highest BCUT2D eigenvalue weighted by molar-refractivity contribution is 6.11. The van der Waals surface area contributed by atoms with Crippen molar-refractivity contribution in [2.45, 2.75) is 6.42 Å². The lowest BCUT2D eigenvalue weighted by molar-refractivity contribution is 0.100. The molecule has 0 aromatic heterocycles. The lowest BCUT2D eigenvalue weighted by atomic mass is 10.0. The van der Waals surface area contributed by atoms with E-state index in [9.17, 15) is 4.79 Å². The van der Waals surface area contributed by atoms with E-state index in [4.69, 9.17) is 18.9 Å². The Balaban J connectivity index is 1.80. The Hall–Kier alpha value is -3.15. The summed E-state index contributed by atoms with van der Waals surface area (Å²) in [5.74, 6) is 2.55. The summed E-state index contributed by atoms with van der Waals surface area (Å²) >= 11 is 0. The van der Waals surface area contributed by atoms with Crippen LogP contribution in [0, 0.1) is 0 Å². The van der Waals surface area contributed by atoms with E-state index in [0.717, 1.165) is 23.3 Å². The molecule has 0 N–H and O–H groups in total. The Morgan fingerprint density at radius 3 is 2.59 bits per heavy atom. The zero-order valence-corrected chi connectivity index (χ0v) is 15.6. The van der Waals surface area contributed by atoms with Gasteiger partial charge in [-0.2, -0.15) is 0 Å². The Morgan fingerprint density at radius 1 is 1.11 bits per heavy atom. The highest BCUT2D eigenvalue weighted by Gasteiger charge is 2.28. The van der Waals surface area contributed by atoms with Crippen molar-refractivity contribution in [1.82, 2.24) is 4.90 Å². The van der Waals surface area contributed by atoms with Crippen LogP contribution in [0.15, 0.2) is 36.0 Å². The first-order chi connectivity index (χ1) is 13.1. The number of allylic oxidation sites excluding steroid dienone is 1. The topological polar surface area (TPSA) is 57.2 Å². The van der Waals surface area contributed by atoms with Crippen molar-refractivity contribution >= 4 is 11.9 Å². The van der Waals surface area contributed by atoms with Crippen molar-refractivity contribution in [2.75, 3.05) is 34.6 Å². The van der Waals surface area contributed by atoms with Gasteiger partial charge in [-0.05, 0) is 48.4 Å². The van der Waals surface area contributed by atoms with Gasteiger partial charge in [-0.3, -0.25) is 4.79 Å². The van der Waals surface area contributed by atoms with Gasteiger partial charge < -0.3 is 23.8 Å². The zero-order valence-electron chi connectivity index (χ0n) is 15.6.